The molecule has 1 aromatic rings. The number of anilines is 1. The van der Waals surface area contributed by atoms with Crippen LogP contribution in [0.3, 0.4) is 0 Å². The van der Waals surface area contributed by atoms with E-state index < -0.39 is 5.97 Å². The molecule has 2 fully saturated rings. The Kier molecular flexibility index (Phi) is 2.52. The molecule has 2 saturated heterocycles. The van der Waals surface area contributed by atoms with Crippen LogP contribution in [0.5, 0.6) is 0 Å². The van der Waals surface area contributed by atoms with Crippen LogP contribution < -0.4 is 4.90 Å². The fraction of sp³-hybridized carbons (Fsp3) is 0.462. The minimum Gasteiger partial charge on any atom is -0.478 e. The molecule has 0 unspecified atom stereocenters. The van der Waals surface area contributed by atoms with Gasteiger partial charge < -0.3 is 14.7 Å². The molecule has 2 heterocycles. The van der Waals surface area contributed by atoms with Crippen LogP contribution in [0.2, 0.25) is 0 Å². The van der Waals surface area contributed by atoms with Gasteiger partial charge >= 0.3 is 5.97 Å². The van der Waals surface area contributed by atoms with Crippen molar-refractivity contribution >= 4 is 11.7 Å². The van der Waals surface area contributed by atoms with Crippen molar-refractivity contribution in [3.8, 4) is 0 Å². The molecular formula is C13H15NO3. The lowest BCUT2D eigenvalue weighted by Crippen LogP contribution is -2.22. The van der Waals surface area contributed by atoms with Crippen LogP contribution in [0.4, 0.5) is 5.69 Å². The van der Waals surface area contributed by atoms with E-state index in [1.165, 1.54) is 0 Å². The molecular weight excluding hydrogens is 218 g/mol. The van der Waals surface area contributed by atoms with Gasteiger partial charge in [-0.2, -0.15) is 0 Å². The van der Waals surface area contributed by atoms with E-state index in [4.69, 9.17) is 9.84 Å². The number of aromatic carboxylic acids is 1. The fourth-order valence-electron chi connectivity index (χ4n) is 2.71. The second-order valence-electron chi connectivity index (χ2n) is 4.81. The Labute approximate surface area is 99.8 Å². The highest BCUT2D eigenvalue weighted by molar-refractivity contribution is 5.88. The third-order valence-corrected chi connectivity index (χ3v) is 3.72. The van der Waals surface area contributed by atoms with Crippen molar-refractivity contribution in [2.75, 3.05) is 31.2 Å². The van der Waals surface area contributed by atoms with Crippen molar-refractivity contribution in [1.29, 1.82) is 0 Å². The highest BCUT2D eigenvalue weighted by atomic mass is 16.5. The predicted molar refractivity (Wildman–Crippen MR) is 63.4 cm³/mol. The average Bonchev–Trinajstić information content (AvgIpc) is 2.89. The van der Waals surface area contributed by atoms with Crippen LogP contribution in [0.15, 0.2) is 24.3 Å². The number of nitrogens with zero attached hydrogens (tertiary/aromatic N) is 1. The standard InChI is InChI=1S/C13H15NO3/c15-13(16)9-1-3-12(4-2-9)14-5-10-7-17-8-11(10)6-14/h1-4,10-11H,5-8H2,(H,15,16)/t10-,11-/m0/s1. The maximum absolute atomic E-state index is 10.8. The summed E-state index contributed by atoms with van der Waals surface area (Å²) in [6, 6.07) is 7.13. The van der Waals surface area contributed by atoms with E-state index in [2.05, 4.69) is 4.90 Å². The maximum Gasteiger partial charge on any atom is 0.335 e. The normalized spacial score (nSPS) is 27.2. The molecule has 17 heavy (non-hydrogen) atoms. The van der Waals surface area contributed by atoms with Gasteiger partial charge in [0.25, 0.3) is 0 Å². The molecule has 2 atom stereocenters. The number of hydrogen-bond acceptors (Lipinski definition) is 3. The molecule has 0 aromatic heterocycles. The van der Waals surface area contributed by atoms with E-state index in [1.54, 1.807) is 12.1 Å². The van der Waals surface area contributed by atoms with Gasteiger partial charge in [-0.25, -0.2) is 4.79 Å². The molecule has 0 amide bonds. The Morgan fingerprint density at radius 3 is 2.29 bits per heavy atom. The lowest BCUT2D eigenvalue weighted by Gasteiger charge is -2.19. The van der Waals surface area contributed by atoms with Crippen LogP contribution in [-0.4, -0.2) is 37.4 Å². The Balaban J connectivity index is 1.75. The first-order valence-corrected chi connectivity index (χ1v) is 5.90. The van der Waals surface area contributed by atoms with Crippen molar-refractivity contribution < 1.29 is 14.6 Å². The van der Waals surface area contributed by atoms with E-state index >= 15 is 0 Å². The smallest absolute Gasteiger partial charge is 0.335 e. The number of carboxylic acids is 1. The van der Waals surface area contributed by atoms with Gasteiger partial charge in [-0.05, 0) is 24.3 Å². The third-order valence-electron chi connectivity index (χ3n) is 3.72. The zero-order valence-corrected chi connectivity index (χ0v) is 9.50. The van der Waals surface area contributed by atoms with Crippen LogP contribution in [-0.2, 0) is 4.74 Å². The Morgan fingerprint density at radius 1 is 1.18 bits per heavy atom. The topological polar surface area (TPSA) is 49.8 Å². The summed E-state index contributed by atoms with van der Waals surface area (Å²) in [6.45, 7) is 3.79. The number of rotatable bonds is 2. The minimum atomic E-state index is -0.872. The molecule has 90 valence electrons. The number of carboxylic acid groups (broad SMARTS) is 1. The molecule has 2 aliphatic rings. The summed E-state index contributed by atoms with van der Waals surface area (Å²) in [5, 5.41) is 8.84. The largest absolute Gasteiger partial charge is 0.478 e. The highest BCUT2D eigenvalue weighted by Gasteiger charge is 2.37. The number of benzene rings is 1. The van der Waals surface area contributed by atoms with Crippen molar-refractivity contribution in [3.05, 3.63) is 29.8 Å². The number of carbonyl (C=O) groups is 1. The molecule has 0 bridgehead atoms. The first-order valence-electron chi connectivity index (χ1n) is 5.90. The molecule has 0 radical (unpaired) electrons. The monoisotopic (exact) mass is 233 g/mol. The molecule has 0 spiro atoms. The molecule has 3 rings (SSSR count). The van der Waals surface area contributed by atoms with Gasteiger partial charge in [0.2, 0.25) is 0 Å². The second-order valence-corrected chi connectivity index (χ2v) is 4.81. The number of fused-ring (bicyclic) bond motifs is 1. The molecule has 0 saturated carbocycles. The molecule has 4 nitrogen and oxygen atoms in total. The van der Waals surface area contributed by atoms with Crippen LogP contribution in [0, 0.1) is 11.8 Å². The Bertz CT molecular complexity index is 417. The van der Waals surface area contributed by atoms with E-state index in [1.807, 2.05) is 12.1 Å². The van der Waals surface area contributed by atoms with Gasteiger partial charge in [0.15, 0.2) is 0 Å². The summed E-state index contributed by atoms with van der Waals surface area (Å²) in [6.07, 6.45) is 0. The summed E-state index contributed by atoms with van der Waals surface area (Å²) in [4.78, 5) is 13.1. The maximum atomic E-state index is 10.8. The van der Waals surface area contributed by atoms with E-state index in [0.717, 1.165) is 32.0 Å². The van der Waals surface area contributed by atoms with Crippen LogP contribution in [0.1, 0.15) is 10.4 Å². The third kappa shape index (κ3) is 1.89. The van der Waals surface area contributed by atoms with Gasteiger partial charge in [-0.1, -0.05) is 0 Å². The second kappa shape index (κ2) is 4.04. The Hall–Kier alpha value is -1.55. The quantitative estimate of drug-likeness (QED) is 0.840. The molecule has 1 N–H and O–H groups in total. The summed E-state index contributed by atoms with van der Waals surface area (Å²) in [5.74, 6) is 0.423. The van der Waals surface area contributed by atoms with Gasteiger partial charge in [0, 0.05) is 30.6 Å². The predicted octanol–water partition coefficient (Wildman–Crippen LogP) is 1.47. The molecule has 1 aromatic carbocycles. The fourth-order valence-corrected chi connectivity index (χ4v) is 2.71. The lowest BCUT2D eigenvalue weighted by molar-refractivity contribution is 0.0697. The zero-order chi connectivity index (χ0) is 11.8. The molecule has 0 aliphatic carbocycles. The molecule has 4 heteroatoms. The van der Waals surface area contributed by atoms with Crippen molar-refractivity contribution in [2.24, 2.45) is 11.8 Å². The first kappa shape index (κ1) is 10.6. The summed E-state index contributed by atoms with van der Waals surface area (Å²) in [5.41, 5.74) is 1.46. The van der Waals surface area contributed by atoms with E-state index in [0.29, 0.717) is 17.4 Å². The van der Waals surface area contributed by atoms with Crippen molar-refractivity contribution in [1.82, 2.24) is 0 Å². The summed E-state index contributed by atoms with van der Waals surface area (Å²) in [7, 11) is 0. The van der Waals surface area contributed by atoms with Crippen molar-refractivity contribution in [3.63, 3.8) is 0 Å². The summed E-state index contributed by atoms with van der Waals surface area (Å²) < 4.78 is 5.44. The van der Waals surface area contributed by atoms with Gasteiger partial charge in [0.05, 0.1) is 18.8 Å². The zero-order valence-electron chi connectivity index (χ0n) is 9.50. The lowest BCUT2D eigenvalue weighted by atomic mass is 10.0. The number of hydrogen-bond donors (Lipinski definition) is 1. The van der Waals surface area contributed by atoms with E-state index in [9.17, 15) is 4.79 Å². The minimum absolute atomic E-state index is 0.344. The van der Waals surface area contributed by atoms with Gasteiger partial charge in [-0.15, -0.1) is 0 Å². The SMILES string of the molecule is O=C(O)c1ccc(N2C[C@H]3COC[C@@H]3C2)cc1. The number of ether oxygens (including phenoxy) is 1. The van der Waals surface area contributed by atoms with Crippen LogP contribution in [0.25, 0.3) is 0 Å². The highest BCUT2D eigenvalue weighted by Crippen LogP contribution is 2.32. The Morgan fingerprint density at radius 2 is 1.76 bits per heavy atom. The first-order chi connectivity index (χ1) is 8.24. The van der Waals surface area contributed by atoms with Crippen LogP contribution >= 0.6 is 0 Å². The summed E-state index contributed by atoms with van der Waals surface area (Å²) >= 11 is 0. The molecule has 2 aliphatic heterocycles. The average molecular weight is 233 g/mol. The van der Waals surface area contributed by atoms with Gasteiger partial charge in [0.1, 0.15) is 0 Å². The van der Waals surface area contributed by atoms with Gasteiger partial charge in [-0.3, -0.25) is 0 Å². The van der Waals surface area contributed by atoms with Crippen molar-refractivity contribution in [2.45, 2.75) is 0 Å². The van der Waals surface area contributed by atoms with E-state index in [-0.39, 0.29) is 0 Å².